The van der Waals surface area contributed by atoms with Crippen molar-refractivity contribution < 1.29 is 0 Å². The van der Waals surface area contributed by atoms with E-state index in [1.54, 1.807) is 0 Å². The highest BCUT2D eigenvalue weighted by molar-refractivity contribution is 8.14. The van der Waals surface area contributed by atoms with E-state index in [-0.39, 0.29) is 0 Å². The third-order valence-corrected chi connectivity index (χ3v) is 7.12. The highest BCUT2D eigenvalue weighted by atomic mass is 32.2. The highest BCUT2D eigenvalue weighted by Gasteiger charge is 2.41. The summed E-state index contributed by atoms with van der Waals surface area (Å²) in [5, 5.41) is 5.09. The lowest BCUT2D eigenvalue weighted by Gasteiger charge is -2.35. The molecule has 20 heavy (non-hydrogen) atoms. The normalized spacial score (nSPS) is 47.0. The van der Waals surface area contributed by atoms with E-state index in [0.29, 0.717) is 11.6 Å². The zero-order valence-electron chi connectivity index (χ0n) is 12.6. The van der Waals surface area contributed by atoms with Crippen LogP contribution in [0, 0.1) is 5.92 Å². The molecule has 0 aromatic rings. The van der Waals surface area contributed by atoms with Gasteiger partial charge in [-0.15, -0.1) is 0 Å². The van der Waals surface area contributed by atoms with Crippen LogP contribution in [0.2, 0.25) is 0 Å². The monoisotopic (exact) mass is 293 g/mol. The second-order valence-corrected chi connectivity index (χ2v) is 8.38. The molecule has 1 saturated carbocycles. The Kier molecular flexibility index (Phi) is 3.50. The van der Waals surface area contributed by atoms with E-state index in [4.69, 9.17) is 4.99 Å². The molecule has 0 aromatic heterocycles. The van der Waals surface area contributed by atoms with Crippen molar-refractivity contribution in [3.8, 4) is 0 Å². The minimum atomic E-state index is 0.393. The summed E-state index contributed by atoms with van der Waals surface area (Å²) in [7, 11) is 0. The number of hydrogen-bond acceptors (Lipinski definition) is 3. The predicted octanol–water partition coefficient (Wildman–Crippen LogP) is 2.86. The lowest BCUT2D eigenvalue weighted by molar-refractivity contribution is 0.250. The fraction of sp³-hybridized carbons (Fsp3) is 0.938. The molecule has 0 aromatic carbocycles. The van der Waals surface area contributed by atoms with Crippen LogP contribution in [0.4, 0.5) is 0 Å². The van der Waals surface area contributed by atoms with E-state index in [1.165, 1.54) is 69.0 Å². The Morgan fingerprint density at radius 3 is 2.90 bits per heavy atom. The van der Waals surface area contributed by atoms with Gasteiger partial charge in [0, 0.05) is 23.9 Å². The van der Waals surface area contributed by atoms with Gasteiger partial charge in [-0.25, -0.2) is 0 Å². The fourth-order valence-electron chi connectivity index (χ4n) is 4.52. The molecule has 2 atom stereocenters. The number of amidine groups is 1. The van der Waals surface area contributed by atoms with Crippen LogP contribution in [0.5, 0.6) is 0 Å². The molecule has 4 heteroatoms. The Hall–Kier alpha value is -0.220. The summed E-state index contributed by atoms with van der Waals surface area (Å²) in [4.78, 5) is 7.77. The van der Waals surface area contributed by atoms with E-state index in [9.17, 15) is 0 Å². The van der Waals surface area contributed by atoms with Crippen LogP contribution in [0.1, 0.15) is 51.9 Å². The molecule has 3 heterocycles. The highest BCUT2D eigenvalue weighted by Crippen LogP contribution is 2.39. The molecular formula is C16H27N3S. The van der Waals surface area contributed by atoms with Crippen LogP contribution in [-0.2, 0) is 0 Å². The molecule has 0 amide bonds. The molecule has 3 aliphatic heterocycles. The summed E-state index contributed by atoms with van der Waals surface area (Å²) in [6.45, 7) is 4.99. The van der Waals surface area contributed by atoms with Gasteiger partial charge in [0.15, 0.2) is 5.17 Å². The first-order chi connectivity index (χ1) is 9.74. The Balaban J connectivity index is 1.42. The molecule has 4 rings (SSSR count). The summed E-state index contributed by atoms with van der Waals surface area (Å²) in [6, 6.07) is 1.33. The molecule has 1 aliphatic carbocycles. The number of nitrogens with zero attached hydrogens (tertiary/aromatic N) is 2. The lowest BCUT2D eigenvalue weighted by atomic mass is 9.78. The number of rotatable bonds is 1. The van der Waals surface area contributed by atoms with Gasteiger partial charge in [-0.3, -0.25) is 9.89 Å². The summed E-state index contributed by atoms with van der Waals surface area (Å²) in [5.74, 6) is 2.18. The Morgan fingerprint density at radius 2 is 2.05 bits per heavy atom. The van der Waals surface area contributed by atoms with E-state index in [0.717, 1.165) is 12.0 Å². The van der Waals surface area contributed by atoms with Gasteiger partial charge in [0.1, 0.15) is 0 Å². The summed E-state index contributed by atoms with van der Waals surface area (Å²) >= 11 is 1.99. The van der Waals surface area contributed by atoms with Crippen LogP contribution < -0.4 is 5.32 Å². The third-order valence-electron chi connectivity index (χ3n) is 5.94. The van der Waals surface area contributed by atoms with Gasteiger partial charge in [0.2, 0.25) is 0 Å². The second-order valence-electron chi connectivity index (χ2n) is 7.41. The molecule has 2 unspecified atom stereocenters. The van der Waals surface area contributed by atoms with E-state index < -0.39 is 0 Å². The van der Waals surface area contributed by atoms with Crippen molar-refractivity contribution in [2.75, 3.05) is 18.8 Å². The average Bonchev–Trinajstić information content (AvgIpc) is 3.13. The van der Waals surface area contributed by atoms with Crippen LogP contribution in [0.3, 0.4) is 0 Å². The smallest absolute Gasteiger partial charge is 0.157 e. The number of fused-ring (bicyclic) bond motifs is 1. The van der Waals surface area contributed by atoms with Gasteiger partial charge in [0.25, 0.3) is 0 Å². The fourth-order valence-corrected chi connectivity index (χ4v) is 5.79. The third kappa shape index (κ3) is 2.39. The van der Waals surface area contributed by atoms with Gasteiger partial charge in [-0.1, -0.05) is 18.7 Å². The molecule has 112 valence electrons. The van der Waals surface area contributed by atoms with Crippen LogP contribution >= 0.6 is 11.8 Å². The Morgan fingerprint density at radius 1 is 1.20 bits per heavy atom. The topological polar surface area (TPSA) is 27.6 Å². The van der Waals surface area contributed by atoms with Gasteiger partial charge in [-0.05, 0) is 57.4 Å². The van der Waals surface area contributed by atoms with Crippen molar-refractivity contribution in [3.63, 3.8) is 0 Å². The van der Waals surface area contributed by atoms with Crippen molar-refractivity contribution in [2.24, 2.45) is 10.9 Å². The first kappa shape index (κ1) is 13.4. The van der Waals surface area contributed by atoms with Crippen LogP contribution in [0.25, 0.3) is 0 Å². The van der Waals surface area contributed by atoms with Crippen LogP contribution in [-0.4, -0.2) is 46.5 Å². The summed E-state index contributed by atoms with van der Waals surface area (Å²) < 4.78 is 0. The van der Waals surface area contributed by atoms with Gasteiger partial charge < -0.3 is 5.32 Å². The van der Waals surface area contributed by atoms with Crippen molar-refractivity contribution in [1.29, 1.82) is 0 Å². The largest absolute Gasteiger partial charge is 0.359 e. The predicted molar refractivity (Wildman–Crippen MR) is 86.4 cm³/mol. The Labute approximate surface area is 127 Å². The average molecular weight is 293 g/mol. The maximum Gasteiger partial charge on any atom is 0.157 e. The van der Waals surface area contributed by atoms with Gasteiger partial charge in [-0.2, -0.15) is 0 Å². The number of hydrogen-bond donors (Lipinski definition) is 1. The molecule has 0 radical (unpaired) electrons. The zero-order valence-corrected chi connectivity index (χ0v) is 13.4. The molecule has 4 fully saturated rings. The van der Waals surface area contributed by atoms with Gasteiger partial charge >= 0.3 is 0 Å². The van der Waals surface area contributed by atoms with Gasteiger partial charge in [0.05, 0.1) is 6.04 Å². The minimum Gasteiger partial charge on any atom is -0.359 e. The van der Waals surface area contributed by atoms with E-state index >= 15 is 0 Å². The van der Waals surface area contributed by atoms with Crippen molar-refractivity contribution >= 4 is 16.9 Å². The molecule has 4 aliphatic rings. The first-order valence-corrected chi connectivity index (χ1v) is 9.46. The van der Waals surface area contributed by atoms with E-state index in [2.05, 4.69) is 17.1 Å². The van der Waals surface area contributed by atoms with Crippen molar-refractivity contribution in [2.45, 2.75) is 69.5 Å². The quantitative estimate of drug-likeness (QED) is 0.805. The molecular weight excluding hydrogens is 266 g/mol. The summed E-state index contributed by atoms with van der Waals surface area (Å²) in [6.07, 6.45) is 9.51. The SMILES string of the molecule is CC1CCC2(CC1)CSC(=NC1CCN3CCCC13)N2. The second kappa shape index (κ2) is 5.20. The number of aliphatic imine (C=N–C) groups is 1. The lowest BCUT2D eigenvalue weighted by Crippen LogP contribution is -2.46. The Bertz CT molecular complexity index is 401. The van der Waals surface area contributed by atoms with E-state index in [1.807, 2.05) is 11.8 Å². The molecule has 1 spiro atoms. The molecule has 3 nitrogen and oxygen atoms in total. The molecule has 3 saturated heterocycles. The summed E-state index contributed by atoms with van der Waals surface area (Å²) in [5.41, 5.74) is 0.393. The minimum absolute atomic E-state index is 0.393. The van der Waals surface area contributed by atoms with Crippen LogP contribution in [0.15, 0.2) is 4.99 Å². The zero-order chi connectivity index (χ0) is 13.6. The number of nitrogens with one attached hydrogen (secondary N) is 1. The van der Waals surface area contributed by atoms with Crippen molar-refractivity contribution in [3.05, 3.63) is 0 Å². The van der Waals surface area contributed by atoms with Crippen molar-refractivity contribution in [1.82, 2.24) is 10.2 Å². The number of thioether (sulfide) groups is 1. The maximum absolute atomic E-state index is 5.11. The standard InChI is InChI=1S/C16H27N3S/c1-12-4-7-16(8-5-12)11-20-15(18-16)17-13-6-10-19-9-2-3-14(13)19/h12-14H,2-11H2,1H3,(H,17,18). The maximum atomic E-state index is 5.11. The molecule has 0 bridgehead atoms. The first-order valence-electron chi connectivity index (χ1n) is 8.47. The molecule has 1 N–H and O–H groups in total.